The van der Waals surface area contributed by atoms with Crippen LogP contribution in [0.1, 0.15) is 18.1 Å². The average molecular weight is 277 g/mol. The van der Waals surface area contributed by atoms with Gasteiger partial charge in [0.15, 0.2) is 6.20 Å². The van der Waals surface area contributed by atoms with E-state index in [0.717, 1.165) is 5.57 Å². The van der Waals surface area contributed by atoms with E-state index in [4.69, 9.17) is 0 Å². The molecule has 0 unspecified atom stereocenters. The number of aromatic nitrogens is 1. The Kier molecular flexibility index (Phi) is 4.83. The molecule has 1 heterocycles. The van der Waals surface area contributed by atoms with E-state index in [9.17, 15) is 0 Å². The lowest BCUT2D eigenvalue weighted by Gasteiger charge is -2.07. The molecule has 21 heavy (non-hydrogen) atoms. The molecule has 0 saturated heterocycles. The van der Waals surface area contributed by atoms with Gasteiger partial charge in [0.05, 0.1) is 0 Å². The quantitative estimate of drug-likeness (QED) is 0.454. The second kappa shape index (κ2) is 6.80. The number of pyridine rings is 1. The second-order valence-corrected chi connectivity index (χ2v) is 4.97. The highest BCUT2D eigenvalue weighted by molar-refractivity contribution is 5.76. The van der Waals surface area contributed by atoms with E-state index in [-0.39, 0.29) is 0 Å². The summed E-state index contributed by atoms with van der Waals surface area (Å²) in [6, 6.07) is 12.8. The molecular formula is C19H21N2+. The first kappa shape index (κ1) is 14.9. The number of hydrogen-bond donors (Lipinski definition) is 0. The van der Waals surface area contributed by atoms with Crippen LogP contribution in [0.2, 0.25) is 0 Å². The largest absolute Gasteiger partial charge is 0.272 e. The summed E-state index contributed by atoms with van der Waals surface area (Å²) >= 11 is 0. The molecule has 0 N–H and O–H groups in total. The number of benzene rings is 1. The molecule has 0 radical (unpaired) electrons. The number of nitrogens with zero attached hydrogens (tertiary/aromatic N) is 2. The van der Waals surface area contributed by atoms with Crippen molar-refractivity contribution >= 4 is 12.3 Å². The molecule has 0 spiro atoms. The van der Waals surface area contributed by atoms with Gasteiger partial charge in [0.25, 0.3) is 0 Å². The van der Waals surface area contributed by atoms with Crippen molar-refractivity contribution in [3.63, 3.8) is 0 Å². The average Bonchev–Trinajstić information content (AvgIpc) is 2.50. The third-order valence-electron chi connectivity index (χ3n) is 3.57. The third kappa shape index (κ3) is 3.34. The Morgan fingerprint density at radius 1 is 1.24 bits per heavy atom. The molecule has 0 amide bonds. The monoisotopic (exact) mass is 277 g/mol. The zero-order valence-corrected chi connectivity index (χ0v) is 12.9. The fraction of sp³-hybridized carbons (Fsp3) is 0.158. The van der Waals surface area contributed by atoms with Crippen molar-refractivity contribution < 1.29 is 4.57 Å². The molecular weight excluding hydrogens is 256 g/mol. The summed E-state index contributed by atoms with van der Waals surface area (Å²) in [5.41, 5.74) is 6.04. The van der Waals surface area contributed by atoms with E-state index in [1.807, 2.05) is 13.0 Å². The van der Waals surface area contributed by atoms with Crippen LogP contribution in [-0.2, 0) is 7.05 Å². The Bertz CT molecular complexity index is 709. The van der Waals surface area contributed by atoms with Crippen molar-refractivity contribution in [2.45, 2.75) is 13.8 Å². The molecule has 0 fully saturated rings. The minimum Gasteiger partial charge on any atom is -0.272 e. The summed E-state index contributed by atoms with van der Waals surface area (Å²) in [6.45, 7) is 7.65. The van der Waals surface area contributed by atoms with Crippen molar-refractivity contribution in [1.82, 2.24) is 0 Å². The summed E-state index contributed by atoms with van der Waals surface area (Å²) in [4.78, 5) is 3.78. The number of aliphatic imine (C=N–C) groups is 1. The van der Waals surface area contributed by atoms with Gasteiger partial charge in [-0.15, -0.1) is 0 Å². The van der Waals surface area contributed by atoms with Crippen molar-refractivity contribution in [3.05, 3.63) is 72.1 Å². The van der Waals surface area contributed by atoms with Gasteiger partial charge in [0.2, 0.25) is 5.69 Å². The molecule has 0 aliphatic heterocycles. The lowest BCUT2D eigenvalue weighted by atomic mass is 10.0. The molecule has 0 aliphatic rings. The van der Waals surface area contributed by atoms with Crippen LogP contribution in [0.4, 0.5) is 0 Å². The zero-order valence-electron chi connectivity index (χ0n) is 12.9. The Labute approximate surface area is 126 Å². The second-order valence-electron chi connectivity index (χ2n) is 4.97. The lowest BCUT2D eigenvalue weighted by molar-refractivity contribution is -0.660. The van der Waals surface area contributed by atoms with Gasteiger partial charge in [0.1, 0.15) is 7.05 Å². The van der Waals surface area contributed by atoms with Crippen LogP contribution in [0, 0.1) is 6.92 Å². The first-order valence-corrected chi connectivity index (χ1v) is 7.02. The van der Waals surface area contributed by atoms with Crippen LogP contribution in [-0.4, -0.2) is 6.72 Å². The van der Waals surface area contributed by atoms with Crippen LogP contribution >= 0.6 is 0 Å². The van der Waals surface area contributed by atoms with Crippen LogP contribution in [0.5, 0.6) is 0 Å². The van der Waals surface area contributed by atoms with Gasteiger partial charge < -0.3 is 0 Å². The molecule has 0 atom stereocenters. The molecule has 0 aliphatic carbocycles. The van der Waals surface area contributed by atoms with Crippen molar-refractivity contribution in [2.75, 3.05) is 0 Å². The highest BCUT2D eigenvalue weighted by Crippen LogP contribution is 2.23. The number of hydrogen-bond acceptors (Lipinski definition) is 1. The van der Waals surface area contributed by atoms with E-state index in [1.54, 1.807) is 6.20 Å². The molecule has 0 saturated carbocycles. The minimum absolute atomic E-state index is 1.14. The maximum atomic E-state index is 3.78. The number of aryl methyl sites for hydroxylation is 2. The molecule has 2 rings (SSSR count). The first-order valence-electron chi connectivity index (χ1n) is 7.02. The normalized spacial score (nSPS) is 11.9. The van der Waals surface area contributed by atoms with Crippen molar-refractivity contribution in [2.24, 2.45) is 12.0 Å². The molecule has 2 heteroatoms. The van der Waals surface area contributed by atoms with Gasteiger partial charge >= 0.3 is 0 Å². The smallest absolute Gasteiger partial charge is 0.213 e. The SMILES string of the molecule is C=NC=CC(=CC)c1cc[n+](C)c(-c2ccccc2C)c1. The van der Waals surface area contributed by atoms with E-state index in [2.05, 4.69) is 78.9 Å². The Morgan fingerprint density at radius 3 is 2.67 bits per heavy atom. The van der Waals surface area contributed by atoms with E-state index in [1.165, 1.54) is 22.4 Å². The Morgan fingerprint density at radius 2 is 2.00 bits per heavy atom. The van der Waals surface area contributed by atoms with Gasteiger partial charge in [-0.2, -0.15) is 0 Å². The van der Waals surface area contributed by atoms with Crippen molar-refractivity contribution in [3.8, 4) is 11.3 Å². The summed E-state index contributed by atoms with van der Waals surface area (Å²) < 4.78 is 2.15. The van der Waals surface area contributed by atoms with Crippen LogP contribution in [0.3, 0.4) is 0 Å². The number of allylic oxidation sites excluding steroid dienone is 3. The molecule has 1 aromatic heterocycles. The standard InChI is InChI=1S/C19H21N2/c1-5-16(10-12-20-3)17-11-13-21(4)19(14-17)18-9-7-6-8-15(18)2/h5-14H,3H2,1-2,4H3/q+1. The number of rotatable bonds is 4. The molecule has 106 valence electrons. The first-order chi connectivity index (χ1) is 10.2. The Balaban J connectivity index is 2.55. The maximum Gasteiger partial charge on any atom is 0.213 e. The molecule has 0 bridgehead atoms. The summed E-state index contributed by atoms with van der Waals surface area (Å²) in [5, 5.41) is 0. The summed E-state index contributed by atoms with van der Waals surface area (Å²) in [7, 11) is 2.07. The fourth-order valence-electron chi connectivity index (χ4n) is 2.37. The minimum atomic E-state index is 1.14. The predicted molar refractivity (Wildman–Crippen MR) is 90.1 cm³/mol. The van der Waals surface area contributed by atoms with Gasteiger partial charge in [-0.3, -0.25) is 4.99 Å². The molecule has 1 aromatic carbocycles. The summed E-state index contributed by atoms with van der Waals surface area (Å²) in [5.74, 6) is 0. The lowest BCUT2D eigenvalue weighted by Crippen LogP contribution is -2.30. The van der Waals surface area contributed by atoms with Crippen LogP contribution in [0.15, 0.2) is 65.9 Å². The van der Waals surface area contributed by atoms with E-state index < -0.39 is 0 Å². The van der Waals surface area contributed by atoms with E-state index >= 15 is 0 Å². The zero-order chi connectivity index (χ0) is 15.2. The van der Waals surface area contributed by atoms with Crippen molar-refractivity contribution in [1.29, 1.82) is 0 Å². The van der Waals surface area contributed by atoms with Gasteiger partial charge in [-0.05, 0) is 49.4 Å². The van der Waals surface area contributed by atoms with Gasteiger partial charge in [-0.1, -0.05) is 24.3 Å². The Hall–Kier alpha value is -2.48. The van der Waals surface area contributed by atoms with E-state index in [0.29, 0.717) is 0 Å². The third-order valence-corrected chi connectivity index (χ3v) is 3.57. The summed E-state index contributed by atoms with van der Waals surface area (Å²) in [6.07, 6.45) is 7.87. The topological polar surface area (TPSA) is 16.2 Å². The molecule has 2 aromatic rings. The predicted octanol–water partition coefficient (Wildman–Crippen LogP) is 4.10. The highest BCUT2D eigenvalue weighted by atomic mass is 14.9. The van der Waals surface area contributed by atoms with Crippen LogP contribution in [0.25, 0.3) is 16.8 Å². The fourth-order valence-corrected chi connectivity index (χ4v) is 2.37. The maximum absolute atomic E-state index is 3.78. The highest BCUT2D eigenvalue weighted by Gasteiger charge is 2.13. The molecule has 2 nitrogen and oxygen atoms in total. The van der Waals surface area contributed by atoms with Gasteiger partial charge in [0, 0.05) is 23.9 Å². The van der Waals surface area contributed by atoms with Gasteiger partial charge in [-0.25, -0.2) is 4.57 Å². The van der Waals surface area contributed by atoms with Crippen LogP contribution < -0.4 is 4.57 Å².